The molecule has 1 fully saturated rings. The van der Waals surface area contributed by atoms with E-state index < -0.39 is 0 Å². The summed E-state index contributed by atoms with van der Waals surface area (Å²) in [7, 11) is 0. The van der Waals surface area contributed by atoms with Gasteiger partial charge in [0.1, 0.15) is 0 Å². The van der Waals surface area contributed by atoms with Gasteiger partial charge in [0.25, 0.3) is 0 Å². The lowest BCUT2D eigenvalue weighted by Crippen LogP contribution is -2.19. The van der Waals surface area contributed by atoms with Crippen LogP contribution in [0, 0.1) is 17.8 Å². The van der Waals surface area contributed by atoms with Gasteiger partial charge in [0.15, 0.2) is 0 Å². The van der Waals surface area contributed by atoms with Crippen LogP contribution in [-0.2, 0) is 0 Å². The largest absolute Gasteiger partial charge is 0.396 e. The second kappa shape index (κ2) is 2.63. The third kappa shape index (κ3) is 1.12. The van der Waals surface area contributed by atoms with Crippen molar-refractivity contribution < 1.29 is 5.11 Å². The van der Waals surface area contributed by atoms with E-state index in [2.05, 4.69) is 13.0 Å². The topological polar surface area (TPSA) is 20.2 Å². The average Bonchev–Trinajstić information content (AvgIpc) is 2.62. The van der Waals surface area contributed by atoms with E-state index in [0.717, 1.165) is 11.8 Å². The van der Waals surface area contributed by atoms with Gasteiger partial charge in [-0.15, -0.1) is 0 Å². The van der Waals surface area contributed by atoms with Crippen molar-refractivity contribution in [2.45, 2.75) is 26.2 Å². The summed E-state index contributed by atoms with van der Waals surface area (Å²) >= 11 is 0. The number of allylic oxidation sites excluding steroid dienone is 2. The van der Waals surface area contributed by atoms with Crippen LogP contribution in [0.2, 0.25) is 0 Å². The van der Waals surface area contributed by atoms with E-state index in [4.69, 9.17) is 5.11 Å². The van der Waals surface area contributed by atoms with Crippen LogP contribution in [0.4, 0.5) is 0 Å². The summed E-state index contributed by atoms with van der Waals surface area (Å²) < 4.78 is 0. The molecule has 0 aromatic carbocycles. The van der Waals surface area contributed by atoms with E-state index in [-0.39, 0.29) is 0 Å². The van der Waals surface area contributed by atoms with Crippen LogP contribution in [0.5, 0.6) is 0 Å². The molecular weight excluding hydrogens is 136 g/mol. The van der Waals surface area contributed by atoms with E-state index in [0.29, 0.717) is 12.5 Å². The first kappa shape index (κ1) is 7.35. The van der Waals surface area contributed by atoms with E-state index in [1.165, 1.54) is 19.3 Å². The number of hydrogen-bond acceptors (Lipinski definition) is 1. The standard InChI is InChI=1S/C10H16O/c1-7(6-11)10-5-8-2-3-9(10)4-8/h2,7,9-11H,3-6H2,1H3. The summed E-state index contributed by atoms with van der Waals surface area (Å²) in [4.78, 5) is 0. The van der Waals surface area contributed by atoms with Crippen LogP contribution in [0.25, 0.3) is 0 Å². The highest BCUT2D eigenvalue weighted by atomic mass is 16.3. The Morgan fingerprint density at radius 3 is 2.91 bits per heavy atom. The zero-order valence-corrected chi connectivity index (χ0v) is 7.09. The molecule has 0 aliphatic heterocycles. The molecule has 0 amide bonds. The monoisotopic (exact) mass is 152 g/mol. The summed E-state index contributed by atoms with van der Waals surface area (Å²) in [5.74, 6) is 2.19. The molecule has 1 N–H and O–H groups in total. The van der Waals surface area contributed by atoms with Gasteiger partial charge in [-0.25, -0.2) is 0 Å². The van der Waals surface area contributed by atoms with Gasteiger partial charge in [-0.05, 0) is 37.0 Å². The fourth-order valence-corrected chi connectivity index (χ4v) is 2.58. The first-order valence-corrected chi connectivity index (χ1v) is 4.60. The predicted octanol–water partition coefficient (Wildman–Crippen LogP) is 1.97. The zero-order chi connectivity index (χ0) is 7.84. The summed E-state index contributed by atoms with van der Waals surface area (Å²) in [5.41, 5.74) is 1.65. The van der Waals surface area contributed by atoms with Crippen LogP contribution in [0.3, 0.4) is 0 Å². The maximum atomic E-state index is 9.00. The summed E-state index contributed by atoms with van der Waals surface area (Å²) in [6, 6.07) is 0. The average molecular weight is 152 g/mol. The van der Waals surface area contributed by atoms with Gasteiger partial charge < -0.3 is 5.11 Å². The van der Waals surface area contributed by atoms with Gasteiger partial charge in [-0.1, -0.05) is 18.6 Å². The maximum absolute atomic E-state index is 9.00. The maximum Gasteiger partial charge on any atom is 0.0459 e. The minimum absolute atomic E-state index is 0.369. The predicted molar refractivity (Wildman–Crippen MR) is 45.2 cm³/mol. The second-order valence-electron chi connectivity index (χ2n) is 4.09. The molecule has 2 aliphatic carbocycles. The minimum Gasteiger partial charge on any atom is -0.396 e. The molecule has 0 saturated heterocycles. The Hall–Kier alpha value is -0.300. The molecule has 1 saturated carbocycles. The van der Waals surface area contributed by atoms with Gasteiger partial charge in [0.05, 0.1) is 0 Å². The van der Waals surface area contributed by atoms with Crippen LogP contribution in [0.15, 0.2) is 11.6 Å². The van der Waals surface area contributed by atoms with E-state index in [1.807, 2.05) is 0 Å². The van der Waals surface area contributed by atoms with E-state index in [1.54, 1.807) is 5.57 Å². The first-order chi connectivity index (χ1) is 5.31. The number of aliphatic hydroxyl groups is 1. The zero-order valence-electron chi connectivity index (χ0n) is 7.09. The van der Waals surface area contributed by atoms with Gasteiger partial charge in [0.2, 0.25) is 0 Å². The molecule has 2 rings (SSSR count). The molecular formula is C10H16O. The van der Waals surface area contributed by atoms with Crippen molar-refractivity contribution in [1.82, 2.24) is 0 Å². The molecule has 2 bridgehead atoms. The third-order valence-electron chi connectivity index (χ3n) is 3.36. The fraction of sp³-hybridized carbons (Fsp3) is 0.800. The van der Waals surface area contributed by atoms with E-state index in [9.17, 15) is 0 Å². The van der Waals surface area contributed by atoms with Crippen LogP contribution >= 0.6 is 0 Å². The van der Waals surface area contributed by atoms with Gasteiger partial charge in [-0.3, -0.25) is 0 Å². The van der Waals surface area contributed by atoms with Crippen molar-refractivity contribution in [2.75, 3.05) is 6.61 Å². The number of fused-ring (bicyclic) bond motifs is 2. The lowest BCUT2D eigenvalue weighted by Gasteiger charge is -2.23. The lowest BCUT2D eigenvalue weighted by atomic mass is 9.82. The molecule has 0 aromatic heterocycles. The lowest BCUT2D eigenvalue weighted by molar-refractivity contribution is 0.163. The molecule has 62 valence electrons. The molecule has 0 radical (unpaired) electrons. The Labute approximate surface area is 68.1 Å². The molecule has 0 aromatic rings. The third-order valence-corrected chi connectivity index (χ3v) is 3.36. The van der Waals surface area contributed by atoms with Crippen molar-refractivity contribution in [3.63, 3.8) is 0 Å². The van der Waals surface area contributed by atoms with Crippen molar-refractivity contribution in [2.24, 2.45) is 17.8 Å². The van der Waals surface area contributed by atoms with Crippen molar-refractivity contribution in [3.8, 4) is 0 Å². The summed E-state index contributed by atoms with van der Waals surface area (Å²) in [5, 5.41) is 9.00. The quantitative estimate of drug-likeness (QED) is 0.600. The first-order valence-electron chi connectivity index (χ1n) is 4.60. The van der Waals surface area contributed by atoms with Crippen molar-refractivity contribution >= 4 is 0 Å². The molecule has 1 heteroatoms. The fourth-order valence-electron chi connectivity index (χ4n) is 2.58. The minimum atomic E-state index is 0.369. The highest BCUT2D eigenvalue weighted by Crippen LogP contribution is 2.47. The van der Waals surface area contributed by atoms with Crippen LogP contribution < -0.4 is 0 Å². The van der Waals surface area contributed by atoms with Gasteiger partial charge in [-0.2, -0.15) is 0 Å². The Balaban J connectivity index is 2.03. The van der Waals surface area contributed by atoms with Gasteiger partial charge in [0, 0.05) is 6.61 Å². The SMILES string of the molecule is CC(CO)C1CC2=CCC1C2. The molecule has 3 unspecified atom stereocenters. The second-order valence-corrected chi connectivity index (χ2v) is 4.09. The summed E-state index contributed by atoms with van der Waals surface area (Å²) in [6.45, 7) is 2.54. The molecule has 0 spiro atoms. The van der Waals surface area contributed by atoms with E-state index >= 15 is 0 Å². The van der Waals surface area contributed by atoms with Crippen molar-refractivity contribution in [3.05, 3.63) is 11.6 Å². The molecule has 0 heterocycles. The molecule has 1 nitrogen and oxygen atoms in total. The highest BCUT2D eigenvalue weighted by molar-refractivity contribution is 5.18. The number of aliphatic hydroxyl groups excluding tert-OH is 1. The Bertz CT molecular complexity index is 183. The van der Waals surface area contributed by atoms with Crippen LogP contribution in [-0.4, -0.2) is 11.7 Å². The molecule has 11 heavy (non-hydrogen) atoms. The highest BCUT2D eigenvalue weighted by Gasteiger charge is 2.36. The normalized spacial score (nSPS) is 37.5. The van der Waals surface area contributed by atoms with Gasteiger partial charge >= 0.3 is 0 Å². The Kier molecular flexibility index (Phi) is 1.76. The summed E-state index contributed by atoms with van der Waals surface area (Å²) in [6.07, 6.45) is 6.27. The molecule has 2 aliphatic rings. The van der Waals surface area contributed by atoms with Crippen molar-refractivity contribution in [1.29, 1.82) is 0 Å². The Morgan fingerprint density at radius 2 is 2.45 bits per heavy atom. The smallest absolute Gasteiger partial charge is 0.0459 e. The number of hydrogen-bond donors (Lipinski definition) is 1. The molecule has 3 atom stereocenters. The van der Waals surface area contributed by atoms with Crippen LogP contribution in [0.1, 0.15) is 26.2 Å². The Morgan fingerprint density at radius 1 is 1.64 bits per heavy atom. The number of rotatable bonds is 2.